The van der Waals surface area contributed by atoms with Crippen LogP contribution in [0.5, 0.6) is 28.7 Å². The molecule has 706 valence electrons. The Morgan fingerprint density at radius 1 is 0.270 bits per heavy atom. The number of likely N-dealkylation sites (N-methyl/N-ethyl adjacent to an activating group) is 4. The van der Waals surface area contributed by atoms with E-state index in [0.29, 0.717) is 6.61 Å². The van der Waals surface area contributed by atoms with E-state index in [1.807, 2.05) is 60.7 Å². The molecule has 10 aliphatic rings. The van der Waals surface area contributed by atoms with Crippen LogP contribution in [0.3, 0.4) is 0 Å². The third kappa shape index (κ3) is 32.9. The number of likely N-dealkylation sites (tertiary alicyclic amines) is 1. The summed E-state index contributed by atoms with van der Waals surface area (Å²) in [5.74, 6) is 4.63. The number of fused-ring (bicyclic) bond motifs is 5. The number of nitrogens with zero attached hydrogens (tertiary/aromatic N) is 14. The van der Waals surface area contributed by atoms with Crippen molar-refractivity contribution in [2.75, 3.05) is 404 Å². The third-order valence-electron chi connectivity index (χ3n) is 28.3. The Balaban J connectivity index is 0.000000153. The van der Waals surface area contributed by atoms with Crippen molar-refractivity contribution in [2.45, 2.75) is 96.3 Å². The van der Waals surface area contributed by atoms with Crippen molar-refractivity contribution in [1.82, 2.24) is 30.2 Å². The highest BCUT2D eigenvalue weighted by molar-refractivity contribution is 5.69. The van der Waals surface area contributed by atoms with E-state index < -0.39 is 0 Å². The van der Waals surface area contributed by atoms with E-state index in [0.717, 1.165) is 281 Å². The van der Waals surface area contributed by atoms with Gasteiger partial charge in [0, 0.05) is 170 Å². The maximum absolute atomic E-state index is 9.18. The van der Waals surface area contributed by atoms with Crippen LogP contribution < -0.4 is 87.5 Å². The van der Waals surface area contributed by atoms with Gasteiger partial charge in [-0.25, -0.2) is 0 Å². The number of piperidine rings is 1. The maximum Gasteiger partial charge on any atom is 0.144 e. The van der Waals surface area contributed by atoms with E-state index in [2.05, 4.69) is 134 Å². The predicted octanol–water partition coefficient (Wildman–Crippen LogP) is 8.12. The van der Waals surface area contributed by atoms with Crippen molar-refractivity contribution in [1.29, 1.82) is 0 Å². The Labute approximate surface area is 759 Å². The number of piperazine rings is 4. The van der Waals surface area contributed by atoms with E-state index in [1.165, 1.54) is 212 Å². The lowest BCUT2D eigenvalue weighted by molar-refractivity contribution is -0.914. The van der Waals surface area contributed by atoms with Gasteiger partial charge in [0.25, 0.3) is 0 Å². The molecule has 126 heavy (non-hydrogen) atoms. The molecule has 0 radical (unpaired) electrons. The van der Waals surface area contributed by atoms with Crippen molar-refractivity contribution < 1.29 is 56.3 Å². The van der Waals surface area contributed by atoms with Crippen molar-refractivity contribution in [3.8, 4) is 28.7 Å². The van der Waals surface area contributed by atoms with E-state index in [-0.39, 0.29) is 6.61 Å². The van der Waals surface area contributed by atoms with Crippen LogP contribution in [0.25, 0.3) is 0 Å². The molecule has 0 saturated carbocycles. The number of benzene rings is 5. The van der Waals surface area contributed by atoms with Crippen LogP contribution in [0.4, 0.5) is 56.9 Å². The highest BCUT2D eigenvalue weighted by Gasteiger charge is 2.32. The Hall–Kier alpha value is -7.42. The monoisotopic (exact) mass is 1760 g/mol. The van der Waals surface area contributed by atoms with Gasteiger partial charge in [0.15, 0.2) is 0 Å². The molecule has 28 heteroatoms. The lowest BCUT2D eigenvalue weighted by Crippen LogP contribution is -2.58. The number of aliphatic hydroxyl groups is 2. The van der Waals surface area contributed by atoms with Gasteiger partial charge in [0.05, 0.1) is 196 Å². The van der Waals surface area contributed by atoms with Crippen LogP contribution in [0.2, 0.25) is 0 Å². The number of unbranched alkanes of at least 4 members (excludes halogenated alkanes) is 8. The second-order valence-electron chi connectivity index (χ2n) is 39.6. The molecule has 5 saturated heterocycles. The number of hydrogen-bond acceptors (Lipinski definition) is 23. The summed E-state index contributed by atoms with van der Waals surface area (Å²) in [5.41, 5.74) is 39.0. The van der Waals surface area contributed by atoms with Gasteiger partial charge < -0.3 is 120 Å². The first kappa shape index (κ1) is 99.2. The highest BCUT2D eigenvalue weighted by atomic mass is 16.5. The SMILES string of the molecule is C[N+]1(C)CCN(CCCCCCN2CCOc3cc(N)ccc32)CC1.C[N+]1(C)CCN(CCCCCN2CCOc3cc(N)ccc32)CC1.C[N+]1(CCCCCCN2CCOc3cc(N)ccc32)CCCCC1.C[N+]1(CCO)CCN(CCCNCCN2CCOc3cc(N)ccc32)CC1.C[N+]1(CCO)CCN(CCNCCN2CCOc3cc(N)ccc32)CC1. The number of ether oxygens (including phenoxy) is 5. The van der Waals surface area contributed by atoms with E-state index in [4.69, 9.17) is 52.4 Å². The number of rotatable bonds is 37. The molecule has 10 aliphatic heterocycles. The normalized spacial score (nSPS) is 19.9. The molecular weight excluding hydrogens is 1580 g/mol. The smallest absolute Gasteiger partial charge is 0.144 e. The molecule has 0 unspecified atom stereocenters. The zero-order valence-corrected chi connectivity index (χ0v) is 79.4. The third-order valence-corrected chi connectivity index (χ3v) is 28.3. The van der Waals surface area contributed by atoms with Crippen LogP contribution in [0.1, 0.15) is 96.3 Å². The molecule has 0 atom stereocenters. The first-order valence-corrected chi connectivity index (χ1v) is 49.0. The summed E-state index contributed by atoms with van der Waals surface area (Å²) in [4.78, 5) is 22.4. The van der Waals surface area contributed by atoms with Gasteiger partial charge in [-0.2, -0.15) is 0 Å². The number of anilines is 10. The molecule has 15 rings (SSSR count). The minimum absolute atomic E-state index is 0.287. The number of nitrogen functional groups attached to an aromatic ring is 5. The minimum atomic E-state index is 0.287. The van der Waals surface area contributed by atoms with E-state index in [9.17, 15) is 10.2 Å². The summed E-state index contributed by atoms with van der Waals surface area (Å²) in [6, 6.07) is 29.9. The summed E-state index contributed by atoms with van der Waals surface area (Å²) < 4.78 is 34.3. The average molecular weight is 1760 g/mol. The van der Waals surface area contributed by atoms with Gasteiger partial charge in [-0.15, -0.1) is 0 Å². The van der Waals surface area contributed by atoms with Crippen molar-refractivity contribution in [3.63, 3.8) is 0 Å². The number of nitrogens with one attached hydrogen (secondary N) is 2. The predicted molar refractivity (Wildman–Crippen MR) is 524 cm³/mol. The van der Waals surface area contributed by atoms with Gasteiger partial charge in [0.1, 0.15) is 74.9 Å². The quantitative estimate of drug-likeness (QED) is 0.0103. The van der Waals surface area contributed by atoms with Crippen molar-refractivity contribution in [3.05, 3.63) is 91.0 Å². The largest absolute Gasteiger partial charge is 0.489 e. The first-order valence-electron chi connectivity index (χ1n) is 49.0. The van der Waals surface area contributed by atoms with Gasteiger partial charge in [-0.3, -0.25) is 19.6 Å². The van der Waals surface area contributed by atoms with Crippen LogP contribution >= 0.6 is 0 Å². The van der Waals surface area contributed by atoms with Crippen LogP contribution in [-0.2, 0) is 0 Å². The summed E-state index contributed by atoms with van der Waals surface area (Å²) in [6.45, 7) is 48.5. The fraction of sp³-hybridized carbons (Fsp3) is 0.694. The molecule has 0 amide bonds. The maximum atomic E-state index is 9.18. The average Bonchev–Trinajstić information content (AvgIpc) is 0.828. The Morgan fingerprint density at radius 2 is 0.532 bits per heavy atom. The number of quaternary nitrogens is 5. The van der Waals surface area contributed by atoms with Crippen molar-refractivity contribution >= 4 is 56.9 Å². The fourth-order valence-electron chi connectivity index (χ4n) is 19.3. The van der Waals surface area contributed by atoms with Gasteiger partial charge >= 0.3 is 0 Å². The molecule has 0 bridgehead atoms. The van der Waals surface area contributed by atoms with Gasteiger partial charge in [0.2, 0.25) is 0 Å². The molecule has 28 nitrogen and oxygen atoms in total. The zero-order chi connectivity index (χ0) is 89.0. The van der Waals surface area contributed by atoms with Crippen LogP contribution in [-0.4, -0.2) is 403 Å². The fourth-order valence-corrected chi connectivity index (χ4v) is 19.3. The Bertz CT molecular complexity index is 3930. The lowest BCUT2D eigenvalue weighted by atomic mass is 10.1. The molecular formula is C98H172N21O7+5. The summed E-state index contributed by atoms with van der Waals surface area (Å²) in [5, 5.41) is 25.5. The molecule has 10 heterocycles. The minimum Gasteiger partial charge on any atom is -0.489 e. The topological polar surface area (TPSA) is 270 Å². The molecule has 5 aromatic carbocycles. The standard InChI is InChI=1S/C20H36N5O2.C20H35N4O.C20H34N3O.C19H34N5O2.C19H33N4O/c1-25(14-15-26)12-9-23(10-13-25)7-2-5-22-6-8-24-11-16-27-20-17-18(21)3-4-19(20)24;1-24(2)14-11-22(12-15-24)9-5-3-4-6-10-23-13-16-25-20-17-18(21)7-8-19(20)23;1-23(14-7-4-8-15-23)13-6-3-2-5-11-22-12-16-24-20-17-18(21)9-10-19(20)22;1-24(13-14-25)11-8-22(9-12-24)6-4-21-5-7-23-10-15-26-19-16-17(20)2-3-18(19)23;1-23(2)13-10-21(11-14-23)8-4-3-5-9-22-12-15-24-19-16-17(20)6-7-18(19)22/h3-4,17,22,26H,2,5-16,21H2,1H3;7-8,17H,3-6,9-16,21H2,1-2H3;9-10,17H,2-8,11-16,21H2,1H3;2-3,16,21,25H,4-15,20H2,1H3;6-7,16H,3-5,8-15,20H2,1-2H3/q5*+1. The number of hydrogen-bond donors (Lipinski definition) is 9. The molecule has 5 fully saturated rings. The lowest BCUT2D eigenvalue weighted by Gasteiger charge is -2.41. The molecule has 0 aliphatic carbocycles. The van der Waals surface area contributed by atoms with Crippen LogP contribution in [0, 0.1) is 0 Å². The second kappa shape index (κ2) is 50.7. The van der Waals surface area contributed by atoms with Crippen LogP contribution in [0.15, 0.2) is 91.0 Å². The summed E-state index contributed by atoms with van der Waals surface area (Å²) >= 11 is 0. The molecule has 0 spiro atoms. The molecule has 14 N–H and O–H groups in total. The zero-order valence-electron chi connectivity index (χ0n) is 79.4. The van der Waals surface area contributed by atoms with Gasteiger partial charge in [-0.05, 0) is 157 Å². The Kier molecular flexibility index (Phi) is 39.9. The summed E-state index contributed by atoms with van der Waals surface area (Å²) in [6.07, 6.45) is 20.0. The number of nitrogens with two attached hydrogens (primary N) is 5. The molecule has 0 aromatic heterocycles. The Morgan fingerprint density at radius 3 is 0.865 bits per heavy atom. The second-order valence-corrected chi connectivity index (χ2v) is 39.6. The van der Waals surface area contributed by atoms with Crippen molar-refractivity contribution in [2.24, 2.45) is 0 Å². The molecule has 5 aromatic rings. The number of aliphatic hydroxyl groups excluding tert-OH is 2. The highest BCUT2D eigenvalue weighted by Crippen LogP contribution is 2.38. The van der Waals surface area contributed by atoms with E-state index >= 15 is 0 Å². The van der Waals surface area contributed by atoms with Gasteiger partial charge in [-0.1, -0.05) is 25.7 Å². The van der Waals surface area contributed by atoms with E-state index in [1.54, 1.807) is 0 Å². The summed E-state index contributed by atoms with van der Waals surface area (Å²) in [7, 11) is 16.3. The first-order chi connectivity index (χ1) is 60.9.